The number of benzene rings is 1. The van der Waals surface area contributed by atoms with Crippen LogP contribution in [-0.2, 0) is 16.0 Å². The second-order valence-electron chi connectivity index (χ2n) is 4.45. The Bertz CT molecular complexity index is 481. The van der Waals surface area contributed by atoms with Crippen LogP contribution in [0.15, 0.2) is 42.9 Å². The zero-order chi connectivity index (χ0) is 12.9. The van der Waals surface area contributed by atoms with Gasteiger partial charge in [-0.15, -0.1) is 0 Å². The fraction of sp³-hybridized carbons (Fsp3) is 0.357. The van der Waals surface area contributed by atoms with Gasteiger partial charge in [-0.25, -0.2) is 4.98 Å². The van der Waals surface area contributed by atoms with Crippen LogP contribution in [0.1, 0.15) is 5.69 Å². The van der Waals surface area contributed by atoms with Crippen molar-refractivity contribution in [1.82, 2.24) is 9.97 Å². The summed E-state index contributed by atoms with van der Waals surface area (Å²) in [4.78, 5) is 9.47. The minimum absolute atomic E-state index is 0.154. The van der Waals surface area contributed by atoms with E-state index in [9.17, 15) is 0 Å². The van der Waals surface area contributed by atoms with Crippen molar-refractivity contribution in [2.75, 3.05) is 24.7 Å². The van der Waals surface area contributed by atoms with Gasteiger partial charge >= 0.3 is 0 Å². The standard InChI is InChI=1S/C14H17N3O2/c1-2-4-13(5-3-1)17(9-12-8-15-11-16-12)10-14-18-6-7-19-14/h1-5,8,11,14H,6-7,9-10H2,(H,15,16). The normalized spacial score (nSPS) is 15.8. The topological polar surface area (TPSA) is 50.4 Å². The molecule has 0 saturated carbocycles. The Hall–Kier alpha value is -1.85. The Morgan fingerprint density at radius 3 is 2.68 bits per heavy atom. The number of nitrogens with zero attached hydrogens (tertiary/aromatic N) is 2. The maximum Gasteiger partial charge on any atom is 0.175 e. The van der Waals surface area contributed by atoms with Gasteiger partial charge in [0.25, 0.3) is 0 Å². The van der Waals surface area contributed by atoms with Crippen molar-refractivity contribution in [3.63, 3.8) is 0 Å². The molecule has 0 radical (unpaired) electrons. The summed E-state index contributed by atoms with van der Waals surface area (Å²) in [5, 5.41) is 0. The smallest absolute Gasteiger partial charge is 0.175 e. The van der Waals surface area contributed by atoms with Gasteiger partial charge in [-0.3, -0.25) is 0 Å². The summed E-state index contributed by atoms with van der Waals surface area (Å²) in [6.07, 6.45) is 3.45. The molecule has 1 saturated heterocycles. The van der Waals surface area contributed by atoms with Gasteiger partial charge in [0.15, 0.2) is 6.29 Å². The van der Waals surface area contributed by atoms with Crippen LogP contribution >= 0.6 is 0 Å². The number of aromatic amines is 1. The van der Waals surface area contributed by atoms with Crippen LogP contribution < -0.4 is 4.90 Å². The average Bonchev–Trinajstić information content (AvgIpc) is 3.12. The third kappa shape index (κ3) is 3.13. The van der Waals surface area contributed by atoms with E-state index < -0.39 is 0 Å². The van der Waals surface area contributed by atoms with Crippen LogP contribution in [-0.4, -0.2) is 36.0 Å². The molecule has 0 spiro atoms. The number of imidazole rings is 1. The Kier molecular flexibility index (Phi) is 3.76. The molecule has 1 aliphatic rings. The lowest BCUT2D eigenvalue weighted by molar-refractivity contribution is -0.0345. The van der Waals surface area contributed by atoms with Crippen LogP contribution in [0.4, 0.5) is 5.69 Å². The van der Waals surface area contributed by atoms with Crippen LogP contribution in [0.5, 0.6) is 0 Å². The molecule has 0 unspecified atom stereocenters. The molecule has 1 fully saturated rings. The van der Waals surface area contributed by atoms with E-state index in [1.807, 2.05) is 24.4 Å². The number of hydrogen-bond donors (Lipinski definition) is 1. The summed E-state index contributed by atoms with van der Waals surface area (Å²) in [5.74, 6) is 0. The lowest BCUT2D eigenvalue weighted by Crippen LogP contribution is -2.32. The largest absolute Gasteiger partial charge is 0.360 e. The molecule has 1 aromatic carbocycles. The predicted molar refractivity (Wildman–Crippen MR) is 71.8 cm³/mol. The molecule has 0 bridgehead atoms. The summed E-state index contributed by atoms with van der Waals surface area (Å²) in [6, 6.07) is 10.2. The molecule has 1 aliphatic heterocycles. The molecule has 3 rings (SSSR count). The summed E-state index contributed by atoms with van der Waals surface area (Å²) in [6.45, 7) is 2.79. The Labute approximate surface area is 112 Å². The number of H-pyrrole nitrogens is 1. The fourth-order valence-electron chi connectivity index (χ4n) is 2.17. The summed E-state index contributed by atoms with van der Waals surface area (Å²) >= 11 is 0. The number of aromatic nitrogens is 2. The van der Waals surface area contributed by atoms with Gasteiger partial charge in [0, 0.05) is 11.9 Å². The van der Waals surface area contributed by atoms with Crippen molar-refractivity contribution in [2.45, 2.75) is 12.8 Å². The second-order valence-corrected chi connectivity index (χ2v) is 4.45. The number of para-hydroxylation sites is 1. The number of ether oxygens (including phenoxy) is 2. The highest BCUT2D eigenvalue weighted by Crippen LogP contribution is 2.18. The van der Waals surface area contributed by atoms with Gasteiger partial charge in [0.2, 0.25) is 0 Å². The third-order valence-corrected chi connectivity index (χ3v) is 3.09. The lowest BCUT2D eigenvalue weighted by atomic mass is 10.2. The fourth-order valence-corrected chi connectivity index (χ4v) is 2.17. The SMILES string of the molecule is c1ccc(N(Cc2c[nH]cn2)CC2OCCO2)cc1. The molecule has 0 aliphatic carbocycles. The van der Waals surface area contributed by atoms with Crippen molar-refractivity contribution in [2.24, 2.45) is 0 Å². The van der Waals surface area contributed by atoms with E-state index in [1.54, 1.807) is 6.33 Å². The Balaban J connectivity index is 1.74. The minimum atomic E-state index is -0.154. The summed E-state index contributed by atoms with van der Waals surface area (Å²) in [5.41, 5.74) is 2.14. The van der Waals surface area contributed by atoms with Crippen molar-refractivity contribution < 1.29 is 9.47 Å². The zero-order valence-corrected chi connectivity index (χ0v) is 10.7. The quantitative estimate of drug-likeness (QED) is 0.889. The molecule has 100 valence electrons. The first kappa shape index (κ1) is 12.2. The van der Waals surface area contributed by atoms with Crippen LogP contribution in [0, 0.1) is 0 Å². The first-order valence-corrected chi connectivity index (χ1v) is 6.43. The summed E-state index contributed by atoms with van der Waals surface area (Å²) in [7, 11) is 0. The average molecular weight is 259 g/mol. The van der Waals surface area contributed by atoms with Gasteiger partial charge in [-0.2, -0.15) is 0 Å². The van der Waals surface area contributed by atoms with Crippen LogP contribution in [0.2, 0.25) is 0 Å². The highest BCUT2D eigenvalue weighted by molar-refractivity contribution is 5.46. The number of anilines is 1. The molecule has 0 amide bonds. The van der Waals surface area contributed by atoms with Crippen LogP contribution in [0.3, 0.4) is 0 Å². The molecule has 1 aromatic heterocycles. The lowest BCUT2D eigenvalue weighted by Gasteiger charge is -2.26. The van der Waals surface area contributed by atoms with Gasteiger partial charge in [0.1, 0.15) is 0 Å². The predicted octanol–water partition coefficient (Wildman–Crippen LogP) is 1.79. The van der Waals surface area contributed by atoms with E-state index in [0.29, 0.717) is 19.8 Å². The number of nitrogens with one attached hydrogen (secondary N) is 1. The van der Waals surface area contributed by atoms with Gasteiger partial charge in [0.05, 0.1) is 38.3 Å². The molecule has 5 nitrogen and oxygen atoms in total. The van der Waals surface area contributed by atoms with Crippen LogP contribution in [0.25, 0.3) is 0 Å². The van der Waals surface area contributed by atoms with E-state index in [0.717, 1.165) is 17.9 Å². The highest BCUT2D eigenvalue weighted by Gasteiger charge is 2.20. The first-order chi connectivity index (χ1) is 9.42. The van der Waals surface area contributed by atoms with E-state index >= 15 is 0 Å². The van der Waals surface area contributed by atoms with Crippen molar-refractivity contribution in [3.8, 4) is 0 Å². The monoisotopic (exact) mass is 259 g/mol. The van der Waals surface area contributed by atoms with E-state index in [-0.39, 0.29) is 6.29 Å². The number of rotatable bonds is 5. The maximum atomic E-state index is 5.53. The van der Waals surface area contributed by atoms with Crippen molar-refractivity contribution in [3.05, 3.63) is 48.5 Å². The molecule has 1 N–H and O–H groups in total. The zero-order valence-electron chi connectivity index (χ0n) is 10.7. The molecule has 5 heteroatoms. The van der Waals surface area contributed by atoms with Crippen molar-refractivity contribution in [1.29, 1.82) is 0 Å². The Morgan fingerprint density at radius 1 is 1.21 bits per heavy atom. The van der Waals surface area contributed by atoms with E-state index in [2.05, 4.69) is 27.0 Å². The third-order valence-electron chi connectivity index (χ3n) is 3.09. The molecule has 19 heavy (non-hydrogen) atoms. The minimum Gasteiger partial charge on any atom is -0.360 e. The van der Waals surface area contributed by atoms with Gasteiger partial charge in [-0.05, 0) is 12.1 Å². The molecule has 2 heterocycles. The first-order valence-electron chi connectivity index (χ1n) is 6.43. The molecule has 0 atom stereocenters. The maximum absolute atomic E-state index is 5.53. The van der Waals surface area contributed by atoms with E-state index in [4.69, 9.17) is 9.47 Å². The second kappa shape index (κ2) is 5.86. The molecule has 2 aromatic rings. The van der Waals surface area contributed by atoms with Crippen molar-refractivity contribution >= 4 is 5.69 Å². The number of hydrogen-bond acceptors (Lipinski definition) is 4. The van der Waals surface area contributed by atoms with E-state index in [1.165, 1.54) is 0 Å². The molecular formula is C14H17N3O2. The highest BCUT2D eigenvalue weighted by atomic mass is 16.7. The Morgan fingerprint density at radius 2 is 2.00 bits per heavy atom. The van der Waals surface area contributed by atoms with Gasteiger partial charge < -0.3 is 19.4 Å². The van der Waals surface area contributed by atoms with Gasteiger partial charge in [-0.1, -0.05) is 18.2 Å². The summed E-state index contributed by atoms with van der Waals surface area (Å²) < 4.78 is 11.1. The molecular weight excluding hydrogens is 242 g/mol.